The first kappa shape index (κ1) is 19.5. The van der Waals surface area contributed by atoms with E-state index in [1.807, 2.05) is 31.3 Å². The lowest BCUT2D eigenvalue weighted by atomic mass is 9.88. The standard InChI is InChI=1S/C17H27BN2O3/c1-20(13-14-5-7-15(23-2)8-6-14)12-10-17(19,16(21)22)9-3-4-11-18/h5-8H,3-4,9-13,19H2,1-2H3,(H,21,22). The van der Waals surface area contributed by atoms with Crippen LogP contribution in [0.25, 0.3) is 0 Å². The Bertz CT molecular complexity index is 481. The van der Waals surface area contributed by atoms with Crippen molar-refractivity contribution < 1.29 is 14.6 Å². The van der Waals surface area contributed by atoms with Crippen LogP contribution in [0.2, 0.25) is 6.32 Å². The molecule has 1 aromatic rings. The van der Waals surface area contributed by atoms with Crippen LogP contribution in [0.5, 0.6) is 5.75 Å². The molecule has 23 heavy (non-hydrogen) atoms. The van der Waals surface area contributed by atoms with Gasteiger partial charge in [-0.05, 0) is 37.6 Å². The molecule has 0 saturated heterocycles. The Labute approximate surface area is 140 Å². The summed E-state index contributed by atoms with van der Waals surface area (Å²) >= 11 is 0. The molecule has 0 spiro atoms. The van der Waals surface area contributed by atoms with Crippen molar-refractivity contribution in [3.8, 4) is 5.75 Å². The van der Waals surface area contributed by atoms with E-state index in [2.05, 4.69) is 4.90 Å². The first-order valence-electron chi connectivity index (χ1n) is 7.95. The number of carbonyl (C=O) groups is 1. The van der Waals surface area contributed by atoms with E-state index in [0.717, 1.165) is 30.7 Å². The molecule has 1 aromatic carbocycles. The van der Waals surface area contributed by atoms with Crippen molar-refractivity contribution in [2.45, 2.75) is 44.1 Å². The zero-order valence-electron chi connectivity index (χ0n) is 14.1. The fourth-order valence-electron chi connectivity index (χ4n) is 2.44. The summed E-state index contributed by atoms with van der Waals surface area (Å²) in [5.74, 6) is -0.115. The van der Waals surface area contributed by atoms with E-state index in [0.29, 0.717) is 25.7 Å². The Morgan fingerprint density at radius 1 is 1.30 bits per heavy atom. The number of rotatable bonds is 11. The number of unbranched alkanes of at least 4 members (excludes halogenated alkanes) is 1. The van der Waals surface area contributed by atoms with Crippen molar-refractivity contribution in [2.75, 3.05) is 20.7 Å². The van der Waals surface area contributed by atoms with Crippen LogP contribution in [0.1, 0.15) is 31.2 Å². The quantitative estimate of drug-likeness (QED) is 0.482. The van der Waals surface area contributed by atoms with Crippen LogP contribution in [-0.2, 0) is 11.3 Å². The molecule has 6 heteroatoms. The molecule has 0 saturated carbocycles. The molecule has 0 aliphatic carbocycles. The normalized spacial score (nSPS) is 13.7. The third-order valence-electron chi connectivity index (χ3n) is 4.05. The second-order valence-electron chi connectivity index (χ2n) is 6.04. The number of ether oxygens (including phenoxy) is 1. The van der Waals surface area contributed by atoms with Gasteiger partial charge < -0.3 is 20.5 Å². The van der Waals surface area contributed by atoms with Gasteiger partial charge in [0.15, 0.2) is 0 Å². The summed E-state index contributed by atoms with van der Waals surface area (Å²) in [6.07, 6.45) is 2.97. The topological polar surface area (TPSA) is 75.8 Å². The highest BCUT2D eigenvalue weighted by atomic mass is 16.5. The van der Waals surface area contributed by atoms with Gasteiger partial charge in [-0.15, -0.1) is 0 Å². The molecular weight excluding hydrogens is 291 g/mol. The molecule has 0 heterocycles. The molecule has 3 N–H and O–H groups in total. The summed E-state index contributed by atoms with van der Waals surface area (Å²) in [6, 6.07) is 7.84. The Hall–Kier alpha value is -1.53. The Kier molecular flexibility index (Phi) is 8.13. The number of carboxylic acid groups (broad SMARTS) is 1. The molecule has 0 bridgehead atoms. The first-order chi connectivity index (χ1) is 10.9. The molecule has 2 radical (unpaired) electrons. The van der Waals surface area contributed by atoms with Crippen LogP contribution in [0.15, 0.2) is 24.3 Å². The van der Waals surface area contributed by atoms with Gasteiger partial charge in [-0.25, -0.2) is 0 Å². The highest BCUT2D eigenvalue weighted by Crippen LogP contribution is 2.18. The van der Waals surface area contributed by atoms with E-state index in [1.165, 1.54) is 0 Å². The predicted molar refractivity (Wildman–Crippen MR) is 92.9 cm³/mol. The van der Waals surface area contributed by atoms with Crippen molar-refractivity contribution in [1.29, 1.82) is 0 Å². The van der Waals surface area contributed by atoms with Crippen LogP contribution < -0.4 is 10.5 Å². The highest BCUT2D eigenvalue weighted by molar-refractivity contribution is 6.08. The number of nitrogens with two attached hydrogens (primary N) is 1. The SMILES string of the molecule is [B]CCCCC(N)(CCN(C)Cc1ccc(OC)cc1)C(=O)O. The monoisotopic (exact) mass is 318 g/mol. The molecule has 0 aromatic heterocycles. The summed E-state index contributed by atoms with van der Waals surface area (Å²) in [7, 11) is 9.06. The van der Waals surface area contributed by atoms with Crippen LogP contribution in [0.4, 0.5) is 0 Å². The van der Waals surface area contributed by atoms with Gasteiger partial charge in [0, 0.05) is 13.1 Å². The van der Waals surface area contributed by atoms with E-state index in [4.69, 9.17) is 18.3 Å². The van der Waals surface area contributed by atoms with Gasteiger partial charge in [0.25, 0.3) is 0 Å². The van der Waals surface area contributed by atoms with Crippen molar-refractivity contribution in [3.05, 3.63) is 29.8 Å². The smallest absolute Gasteiger partial charge is 0.323 e. The zero-order chi connectivity index (χ0) is 17.3. The number of aliphatic carboxylic acids is 1. The second kappa shape index (κ2) is 9.58. The van der Waals surface area contributed by atoms with Gasteiger partial charge in [0.1, 0.15) is 11.3 Å². The van der Waals surface area contributed by atoms with Gasteiger partial charge in [-0.1, -0.05) is 31.3 Å². The Balaban J connectivity index is 2.50. The van der Waals surface area contributed by atoms with E-state index < -0.39 is 11.5 Å². The maximum absolute atomic E-state index is 11.5. The van der Waals surface area contributed by atoms with Crippen LogP contribution in [0, 0.1) is 0 Å². The fraction of sp³-hybridized carbons (Fsp3) is 0.588. The molecule has 0 amide bonds. The van der Waals surface area contributed by atoms with E-state index in [9.17, 15) is 9.90 Å². The number of methoxy groups -OCH3 is 1. The van der Waals surface area contributed by atoms with Crippen molar-refractivity contribution in [1.82, 2.24) is 4.90 Å². The average molecular weight is 318 g/mol. The molecular formula is C17H27BN2O3. The van der Waals surface area contributed by atoms with Crippen LogP contribution >= 0.6 is 0 Å². The summed E-state index contributed by atoms with van der Waals surface area (Å²) in [5, 5.41) is 9.40. The minimum atomic E-state index is -1.18. The second-order valence-corrected chi connectivity index (χ2v) is 6.04. The van der Waals surface area contributed by atoms with Gasteiger partial charge in [0.2, 0.25) is 0 Å². The van der Waals surface area contributed by atoms with Crippen molar-refractivity contribution in [3.63, 3.8) is 0 Å². The molecule has 0 fully saturated rings. The summed E-state index contributed by atoms with van der Waals surface area (Å²) in [5.41, 5.74) is 6.05. The highest BCUT2D eigenvalue weighted by Gasteiger charge is 2.33. The minimum Gasteiger partial charge on any atom is -0.497 e. The summed E-state index contributed by atoms with van der Waals surface area (Å²) in [6.45, 7) is 1.36. The molecule has 1 atom stereocenters. The van der Waals surface area contributed by atoms with Crippen LogP contribution in [-0.4, -0.2) is 50.1 Å². The number of nitrogens with zero attached hydrogens (tertiary/aromatic N) is 1. The van der Waals surface area contributed by atoms with Crippen molar-refractivity contribution >= 4 is 13.8 Å². The largest absolute Gasteiger partial charge is 0.497 e. The minimum absolute atomic E-state index is 0.416. The molecule has 126 valence electrons. The first-order valence-corrected chi connectivity index (χ1v) is 7.95. The molecule has 0 aliphatic rings. The number of carboxylic acids is 1. The van der Waals surface area contributed by atoms with Gasteiger partial charge in [0.05, 0.1) is 15.0 Å². The van der Waals surface area contributed by atoms with Crippen LogP contribution in [0.3, 0.4) is 0 Å². The lowest BCUT2D eigenvalue weighted by Crippen LogP contribution is -2.49. The number of hydrogen-bond donors (Lipinski definition) is 2. The molecule has 0 aliphatic heterocycles. The van der Waals surface area contributed by atoms with E-state index in [-0.39, 0.29) is 0 Å². The Morgan fingerprint density at radius 3 is 2.48 bits per heavy atom. The third kappa shape index (κ3) is 6.63. The third-order valence-corrected chi connectivity index (χ3v) is 4.05. The number of benzene rings is 1. The summed E-state index contributed by atoms with van der Waals surface area (Å²) < 4.78 is 5.14. The Morgan fingerprint density at radius 2 is 1.96 bits per heavy atom. The van der Waals surface area contributed by atoms with Gasteiger partial charge in [-0.3, -0.25) is 4.79 Å². The lowest BCUT2D eigenvalue weighted by molar-refractivity contribution is -0.144. The fourth-order valence-corrected chi connectivity index (χ4v) is 2.44. The van der Waals surface area contributed by atoms with E-state index >= 15 is 0 Å². The van der Waals surface area contributed by atoms with Crippen molar-refractivity contribution in [2.24, 2.45) is 5.73 Å². The molecule has 5 nitrogen and oxygen atoms in total. The maximum atomic E-state index is 11.5. The number of hydrogen-bond acceptors (Lipinski definition) is 4. The molecule has 1 unspecified atom stereocenters. The lowest BCUT2D eigenvalue weighted by Gasteiger charge is -2.27. The van der Waals surface area contributed by atoms with E-state index in [1.54, 1.807) is 7.11 Å². The predicted octanol–water partition coefficient (Wildman–Crippen LogP) is 2.06. The zero-order valence-corrected chi connectivity index (χ0v) is 14.1. The van der Waals surface area contributed by atoms with Gasteiger partial charge >= 0.3 is 5.97 Å². The average Bonchev–Trinajstić information content (AvgIpc) is 2.54. The summed E-state index contributed by atoms with van der Waals surface area (Å²) in [4.78, 5) is 13.5. The molecule has 1 rings (SSSR count). The van der Waals surface area contributed by atoms with Gasteiger partial charge in [-0.2, -0.15) is 0 Å². The maximum Gasteiger partial charge on any atom is 0.323 e.